The van der Waals surface area contributed by atoms with E-state index < -0.39 is 12.6 Å². The van der Waals surface area contributed by atoms with Gasteiger partial charge in [-0.3, -0.25) is 0 Å². The fourth-order valence-corrected chi connectivity index (χ4v) is 2.48. The Morgan fingerprint density at radius 2 is 2.06 bits per heavy atom. The van der Waals surface area contributed by atoms with E-state index in [1.165, 1.54) is 11.3 Å². The lowest BCUT2D eigenvalue weighted by Crippen LogP contribution is -2.11. The van der Waals surface area contributed by atoms with E-state index in [9.17, 15) is 13.2 Å². The van der Waals surface area contributed by atoms with Crippen LogP contribution in [0.4, 0.5) is 13.2 Å². The zero-order chi connectivity index (χ0) is 12.3. The van der Waals surface area contributed by atoms with Gasteiger partial charge in [-0.05, 0) is 20.9 Å². The molecule has 0 aliphatic carbocycles. The van der Waals surface area contributed by atoms with Gasteiger partial charge in [0, 0.05) is 23.8 Å². The van der Waals surface area contributed by atoms with Crippen LogP contribution in [0, 0.1) is 6.92 Å². The number of hydrogen-bond donors (Lipinski definition) is 1. The molecule has 0 amide bonds. The summed E-state index contributed by atoms with van der Waals surface area (Å²) in [6, 6.07) is 0.136. The molecule has 0 aliphatic rings. The lowest BCUT2D eigenvalue weighted by Gasteiger charge is -2.07. The molecule has 2 nitrogen and oxygen atoms in total. The van der Waals surface area contributed by atoms with Gasteiger partial charge in [-0.1, -0.05) is 0 Å². The normalized spacial score (nSPS) is 14.1. The van der Waals surface area contributed by atoms with Gasteiger partial charge in [0.2, 0.25) is 0 Å². The minimum atomic E-state index is -4.10. The van der Waals surface area contributed by atoms with Crippen LogP contribution >= 0.6 is 11.3 Å². The summed E-state index contributed by atoms with van der Waals surface area (Å²) in [4.78, 5) is 5.17. The molecule has 0 radical (unpaired) electrons. The average molecular weight is 252 g/mol. The van der Waals surface area contributed by atoms with Gasteiger partial charge in [0.1, 0.15) is 0 Å². The summed E-state index contributed by atoms with van der Waals surface area (Å²) in [5.74, 6) is 0. The average Bonchev–Trinajstić information content (AvgIpc) is 2.55. The predicted octanol–water partition coefficient (Wildman–Crippen LogP) is 3.23. The minimum absolute atomic E-state index is 0.0224. The highest BCUT2D eigenvalue weighted by molar-refractivity contribution is 7.11. The Balaban J connectivity index is 2.70. The lowest BCUT2D eigenvalue weighted by atomic mass is 10.2. The van der Waals surface area contributed by atoms with Gasteiger partial charge < -0.3 is 5.32 Å². The number of hydrogen-bond acceptors (Lipinski definition) is 3. The van der Waals surface area contributed by atoms with E-state index in [0.717, 1.165) is 10.6 Å². The van der Waals surface area contributed by atoms with Crippen LogP contribution in [-0.2, 0) is 6.42 Å². The van der Waals surface area contributed by atoms with Crippen molar-refractivity contribution in [1.29, 1.82) is 0 Å². The SMILES string of the molecule is CNC(C)c1sc(CCC(F)(F)F)nc1C. The molecule has 0 saturated heterocycles. The molecule has 1 heterocycles. The smallest absolute Gasteiger partial charge is 0.312 e. The van der Waals surface area contributed by atoms with E-state index in [-0.39, 0.29) is 12.5 Å². The highest BCUT2D eigenvalue weighted by Gasteiger charge is 2.27. The fraction of sp³-hybridized carbons (Fsp3) is 0.700. The summed E-state index contributed by atoms with van der Waals surface area (Å²) in [6.45, 7) is 3.80. The quantitative estimate of drug-likeness (QED) is 0.890. The van der Waals surface area contributed by atoms with Gasteiger partial charge in [-0.25, -0.2) is 4.98 Å². The fourth-order valence-electron chi connectivity index (χ4n) is 1.35. The molecular weight excluding hydrogens is 237 g/mol. The Bertz CT molecular complexity index is 346. The number of rotatable bonds is 4. The predicted molar refractivity (Wildman–Crippen MR) is 58.7 cm³/mol. The van der Waals surface area contributed by atoms with Crippen LogP contribution in [0.25, 0.3) is 0 Å². The molecule has 0 aromatic carbocycles. The van der Waals surface area contributed by atoms with Gasteiger partial charge >= 0.3 is 6.18 Å². The zero-order valence-electron chi connectivity index (χ0n) is 9.48. The van der Waals surface area contributed by atoms with Gasteiger partial charge in [0.05, 0.1) is 10.7 Å². The third-order valence-electron chi connectivity index (χ3n) is 2.33. The molecule has 6 heteroatoms. The van der Waals surface area contributed by atoms with Gasteiger partial charge in [-0.15, -0.1) is 11.3 Å². The van der Waals surface area contributed by atoms with Crippen LogP contribution in [0.5, 0.6) is 0 Å². The monoisotopic (exact) mass is 252 g/mol. The second-order valence-electron chi connectivity index (χ2n) is 3.68. The second kappa shape index (κ2) is 5.14. The van der Waals surface area contributed by atoms with Crippen molar-refractivity contribution in [3.8, 4) is 0 Å². The van der Waals surface area contributed by atoms with Crippen molar-refractivity contribution in [1.82, 2.24) is 10.3 Å². The standard InChI is InChI=1S/C10H15F3N2S/c1-6(14-3)9-7(2)15-8(16-9)4-5-10(11,12)13/h6,14H,4-5H2,1-3H3. The first-order chi connectivity index (χ1) is 7.33. The largest absolute Gasteiger partial charge is 0.389 e. The van der Waals surface area contributed by atoms with Crippen LogP contribution in [0.15, 0.2) is 0 Å². The van der Waals surface area contributed by atoms with Gasteiger partial charge in [0.25, 0.3) is 0 Å². The summed E-state index contributed by atoms with van der Waals surface area (Å²) < 4.78 is 36.1. The number of aryl methyl sites for hydroxylation is 2. The van der Waals surface area contributed by atoms with Crippen molar-refractivity contribution in [3.05, 3.63) is 15.6 Å². The topological polar surface area (TPSA) is 24.9 Å². The number of nitrogens with zero attached hydrogens (tertiary/aromatic N) is 1. The van der Waals surface area contributed by atoms with Crippen LogP contribution < -0.4 is 5.32 Å². The lowest BCUT2D eigenvalue weighted by molar-refractivity contribution is -0.134. The molecule has 0 fully saturated rings. The Labute approximate surface area is 96.9 Å². The van der Waals surface area contributed by atoms with Crippen LogP contribution in [0.1, 0.15) is 35.0 Å². The molecule has 92 valence electrons. The molecule has 1 atom stereocenters. The summed E-state index contributed by atoms with van der Waals surface area (Å²) >= 11 is 1.36. The number of alkyl halides is 3. The van der Waals surface area contributed by atoms with Crippen LogP contribution in [0.2, 0.25) is 0 Å². The maximum Gasteiger partial charge on any atom is 0.389 e. The van der Waals surface area contributed by atoms with Crippen molar-refractivity contribution < 1.29 is 13.2 Å². The maximum atomic E-state index is 12.0. The molecule has 1 aromatic rings. The minimum Gasteiger partial charge on any atom is -0.312 e. The van der Waals surface area contributed by atoms with E-state index in [1.54, 1.807) is 0 Å². The number of halogens is 3. The molecule has 1 rings (SSSR count). The summed E-state index contributed by atoms with van der Waals surface area (Å²) in [5.41, 5.74) is 0.823. The number of nitrogens with one attached hydrogen (secondary N) is 1. The maximum absolute atomic E-state index is 12.0. The summed E-state index contributed by atoms with van der Waals surface area (Å²) in [5, 5.41) is 3.62. The van der Waals surface area contributed by atoms with Crippen molar-refractivity contribution in [2.24, 2.45) is 0 Å². The molecule has 0 spiro atoms. The molecule has 0 bridgehead atoms. The Morgan fingerprint density at radius 3 is 2.56 bits per heavy atom. The first-order valence-electron chi connectivity index (χ1n) is 5.03. The number of aromatic nitrogens is 1. The summed E-state index contributed by atoms with van der Waals surface area (Å²) in [6.07, 6.45) is -4.92. The van der Waals surface area contributed by atoms with E-state index in [0.29, 0.717) is 5.01 Å². The van der Waals surface area contributed by atoms with Crippen LogP contribution in [0.3, 0.4) is 0 Å². The summed E-state index contributed by atoms with van der Waals surface area (Å²) in [7, 11) is 1.82. The molecule has 16 heavy (non-hydrogen) atoms. The van der Waals surface area contributed by atoms with E-state index in [4.69, 9.17) is 0 Å². The van der Waals surface area contributed by atoms with E-state index in [2.05, 4.69) is 10.3 Å². The van der Waals surface area contributed by atoms with Gasteiger partial charge in [0.15, 0.2) is 0 Å². The highest BCUT2D eigenvalue weighted by Crippen LogP contribution is 2.28. The van der Waals surface area contributed by atoms with E-state index in [1.807, 2.05) is 20.9 Å². The molecule has 1 aromatic heterocycles. The van der Waals surface area contributed by atoms with Gasteiger partial charge in [-0.2, -0.15) is 13.2 Å². The molecule has 1 N–H and O–H groups in total. The zero-order valence-corrected chi connectivity index (χ0v) is 10.3. The highest BCUT2D eigenvalue weighted by atomic mass is 32.1. The van der Waals surface area contributed by atoms with Crippen LogP contribution in [-0.4, -0.2) is 18.2 Å². The Morgan fingerprint density at radius 1 is 1.44 bits per heavy atom. The van der Waals surface area contributed by atoms with E-state index >= 15 is 0 Å². The molecule has 0 aliphatic heterocycles. The van der Waals surface area contributed by atoms with Crippen molar-refractivity contribution in [2.75, 3.05) is 7.05 Å². The Hall–Kier alpha value is -0.620. The molecule has 0 saturated carbocycles. The third kappa shape index (κ3) is 3.75. The van der Waals surface area contributed by atoms with Crippen molar-refractivity contribution >= 4 is 11.3 Å². The van der Waals surface area contributed by atoms with Crippen molar-refractivity contribution in [3.63, 3.8) is 0 Å². The second-order valence-corrected chi connectivity index (χ2v) is 4.80. The first kappa shape index (κ1) is 13.4. The first-order valence-corrected chi connectivity index (χ1v) is 5.85. The Kier molecular flexibility index (Phi) is 4.32. The molecular formula is C10H15F3N2S. The van der Waals surface area contributed by atoms with Crippen molar-refractivity contribution in [2.45, 2.75) is 38.9 Å². The number of thiazole rings is 1. The molecule has 1 unspecified atom stereocenters. The third-order valence-corrected chi connectivity index (χ3v) is 3.73.